The molecule has 30 heavy (non-hydrogen) atoms. The Balaban J connectivity index is 0.000000826. The van der Waals surface area contributed by atoms with Gasteiger partial charge in [-0.25, -0.2) is 0 Å². The van der Waals surface area contributed by atoms with Gasteiger partial charge in [0.25, 0.3) is 0 Å². The summed E-state index contributed by atoms with van der Waals surface area (Å²) in [5.74, 6) is 1.56. The van der Waals surface area contributed by atoms with Crippen LogP contribution in [0.2, 0.25) is 0 Å². The highest BCUT2D eigenvalue weighted by molar-refractivity contribution is 5.71. The summed E-state index contributed by atoms with van der Waals surface area (Å²) in [6.45, 7) is 10.8. The third-order valence-corrected chi connectivity index (χ3v) is 4.67. The fraction of sp³-hybridized carbons (Fsp3) is 0.720. The highest BCUT2D eigenvalue weighted by Gasteiger charge is 2.27. The summed E-state index contributed by atoms with van der Waals surface area (Å²) in [5, 5.41) is 0. The summed E-state index contributed by atoms with van der Waals surface area (Å²) >= 11 is 0. The van der Waals surface area contributed by atoms with Gasteiger partial charge in [0.05, 0.1) is 19.8 Å². The fourth-order valence-corrected chi connectivity index (χ4v) is 3.10. The molecule has 1 saturated carbocycles. The summed E-state index contributed by atoms with van der Waals surface area (Å²) in [6.07, 6.45) is 6.81. The van der Waals surface area contributed by atoms with Crippen LogP contribution in [-0.4, -0.2) is 39.0 Å². The molecule has 0 N–H and O–H groups in total. The quantitative estimate of drug-likeness (QED) is 0.322. The third-order valence-electron chi connectivity index (χ3n) is 4.67. The van der Waals surface area contributed by atoms with E-state index in [0.29, 0.717) is 38.8 Å². The van der Waals surface area contributed by atoms with Crippen LogP contribution in [0, 0.1) is 0 Å². The Morgan fingerprint density at radius 2 is 1.80 bits per heavy atom. The highest BCUT2D eigenvalue weighted by Crippen LogP contribution is 2.44. The molecule has 0 spiro atoms. The van der Waals surface area contributed by atoms with E-state index in [1.54, 1.807) is 7.11 Å². The molecule has 2 fully saturated rings. The lowest BCUT2D eigenvalue weighted by molar-refractivity contribution is -0.141. The van der Waals surface area contributed by atoms with E-state index in [-0.39, 0.29) is 12.1 Å². The molecular weight excluding hydrogens is 380 g/mol. The van der Waals surface area contributed by atoms with Crippen LogP contribution < -0.4 is 4.74 Å². The first-order valence-corrected chi connectivity index (χ1v) is 11.7. The van der Waals surface area contributed by atoms with Crippen molar-refractivity contribution in [2.24, 2.45) is 0 Å². The lowest BCUT2D eigenvalue weighted by Gasteiger charge is -2.14. The van der Waals surface area contributed by atoms with Crippen molar-refractivity contribution in [2.75, 3.05) is 26.9 Å². The summed E-state index contributed by atoms with van der Waals surface area (Å²) < 4.78 is 22.0. The predicted octanol–water partition coefficient (Wildman–Crippen LogP) is 6.03. The van der Waals surface area contributed by atoms with E-state index in [1.165, 1.54) is 24.8 Å². The number of ether oxygens (including phenoxy) is 4. The van der Waals surface area contributed by atoms with E-state index in [4.69, 9.17) is 18.9 Å². The minimum absolute atomic E-state index is 0.0319. The Morgan fingerprint density at radius 1 is 1.07 bits per heavy atom. The van der Waals surface area contributed by atoms with Crippen molar-refractivity contribution in [3.63, 3.8) is 0 Å². The van der Waals surface area contributed by atoms with Gasteiger partial charge in [0, 0.05) is 33.0 Å². The Kier molecular flexibility index (Phi) is 14.2. The van der Waals surface area contributed by atoms with E-state index in [1.807, 2.05) is 13.8 Å². The molecule has 1 aliphatic carbocycles. The van der Waals surface area contributed by atoms with Crippen molar-refractivity contribution in [1.82, 2.24) is 0 Å². The van der Waals surface area contributed by atoms with Crippen LogP contribution in [0.3, 0.4) is 0 Å². The topological polar surface area (TPSA) is 54.0 Å². The number of carbonyl (C=O) groups is 1. The second kappa shape index (κ2) is 16.1. The summed E-state index contributed by atoms with van der Waals surface area (Å²) in [6, 6.07) is 6.42. The molecule has 1 aromatic carbocycles. The van der Waals surface area contributed by atoms with E-state index < -0.39 is 0 Å². The lowest BCUT2D eigenvalue weighted by Crippen LogP contribution is -2.10. The van der Waals surface area contributed by atoms with Crippen LogP contribution in [0.1, 0.15) is 89.7 Å². The molecule has 0 radical (unpaired) electrons. The molecule has 1 heterocycles. The third kappa shape index (κ3) is 10.4. The average Bonchev–Trinajstić information content (AvgIpc) is 3.52. The standard InChI is InChI=1S/C20H28O5.C3H8.C2H6/c1-22-10-2-11-24-19-13-15(3-7-18(19)16-4-5-16)14-23-12-9-17-6-8-20(21)25-17;1-3-2;1-2/h3,7,13,16-17H,2,4-6,8-12,14H2,1H3;3H2,1-2H3;1-2H3. The van der Waals surface area contributed by atoms with Crippen LogP contribution in [0.5, 0.6) is 5.75 Å². The number of esters is 1. The van der Waals surface area contributed by atoms with Gasteiger partial charge in [-0.1, -0.05) is 46.2 Å². The van der Waals surface area contributed by atoms with Crippen molar-refractivity contribution in [3.05, 3.63) is 29.3 Å². The molecule has 0 bridgehead atoms. The van der Waals surface area contributed by atoms with Gasteiger partial charge in [0.2, 0.25) is 0 Å². The molecule has 5 heteroatoms. The molecule has 1 aliphatic heterocycles. The van der Waals surface area contributed by atoms with Crippen LogP contribution >= 0.6 is 0 Å². The van der Waals surface area contributed by atoms with Gasteiger partial charge in [-0.2, -0.15) is 0 Å². The first-order chi connectivity index (χ1) is 14.7. The molecule has 2 aliphatic rings. The number of hydrogen-bond acceptors (Lipinski definition) is 5. The first-order valence-electron chi connectivity index (χ1n) is 11.7. The second-order valence-electron chi connectivity index (χ2n) is 7.54. The maximum atomic E-state index is 11.1. The molecule has 1 saturated heterocycles. The van der Waals surface area contributed by atoms with Crippen LogP contribution in [0.25, 0.3) is 0 Å². The molecule has 3 rings (SSSR count). The number of hydrogen-bond donors (Lipinski definition) is 0. The SMILES string of the molecule is CC.CCC.COCCCOc1cc(COCCC2CCC(=O)O2)ccc1C1CC1. The van der Waals surface area contributed by atoms with Crippen molar-refractivity contribution >= 4 is 5.97 Å². The van der Waals surface area contributed by atoms with E-state index in [2.05, 4.69) is 32.0 Å². The Labute approximate surface area is 183 Å². The predicted molar refractivity (Wildman–Crippen MR) is 121 cm³/mol. The van der Waals surface area contributed by atoms with E-state index >= 15 is 0 Å². The molecule has 1 aromatic rings. The zero-order valence-electron chi connectivity index (χ0n) is 19.7. The zero-order chi connectivity index (χ0) is 22.2. The van der Waals surface area contributed by atoms with Gasteiger partial charge in [-0.3, -0.25) is 4.79 Å². The maximum Gasteiger partial charge on any atom is 0.306 e. The van der Waals surface area contributed by atoms with Crippen molar-refractivity contribution in [1.29, 1.82) is 0 Å². The number of methoxy groups -OCH3 is 1. The summed E-state index contributed by atoms with van der Waals surface area (Å²) in [4.78, 5) is 11.1. The molecule has 5 nitrogen and oxygen atoms in total. The minimum atomic E-state index is -0.0871. The number of carbonyl (C=O) groups excluding carboxylic acids is 1. The highest BCUT2D eigenvalue weighted by atomic mass is 16.6. The molecule has 1 unspecified atom stereocenters. The lowest BCUT2D eigenvalue weighted by atomic mass is 10.1. The average molecular weight is 423 g/mol. The first kappa shape index (κ1) is 26.4. The molecule has 172 valence electrons. The zero-order valence-corrected chi connectivity index (χ0v) is 19.7. The van der Waals surface area contributed by atoms with Gasteiger partial charge >= 0.3 is 5.97 Å². The monoisotopic (exact) mass is 422 g/mol. The molecule has 1 atom stereocenters. The number of benzene rings is 1. The Hall–Kier alpha value is -1.59. The van der Waals surface area contributed by atoms with Gasteiger partial charge < -0.3 is 18.9 Å². The van der Waals surface area contributed by atoms with Gasteiger partial charge in [-0.05, 0) is 42.4 Å². The largest absolute Gasteiger partial charge is 0.493 e. The van der Waals surface area contributed by atoms with Crippen molar-refractivity contribution in [3.8, 4) is 5.75 Å². The number of rotatable bonds is 11. The van der Waals surface area contributed by atoms with E-state index in [0.717, 1.165) is 30.6 Å². The van der Waals surface area contributed by atoms with Crippen LogP contribution in [-0.2, 0) is 25.6 Å². The van der Waals surface area contributed by atoms with Gasteiger partial charge in [-0.15, -0.1) is 0 Å². The summed E-state index contributed by atoms with van der Waals surface area (Å²) in [5.41, 5.74) is 2.44. The fourth-order valence-electron chi connectivity index (χ4n) is 3.10. The Bertz CT molecular complexity index is 583. The smallest absolute Gasteiger partial charge is 0.306 e. The van der Waals surface area contributed by atoms with Crippen molar-refractivity contribution < 1.29 is 23.7 Å². The minimum Gasteiger partial charge on any atom is -0.493 e. The molecule has 0 amide bonds. The Morgan fingerprint density at radius 3 is 2.40 bits per heavy atom. The second-order valence-corrected chi connectivity index (χ2v) is 7.54. The maximum absolute atomic E-state index is 11.1. The number of cyclic esters (lactones) is 1. The van der Waals surface area contributed by atoms with Crippen LogP contribution in [0.15, 0.2) is 18.2 Å². The van der Waals surface area contributed by atoms with Crippen LogP contribution in [0.4, 0.5) is 0 Å². The normalized spacial score (nSPS) is 17.4. The molecule has 0 aromatic heterocycles. The summed E-state index contributed by atoms with van der Waals surface area (Å²) in [7, 11) is 1.71. The molecular formula is C25H42O5. The van der Waals surface area contributed by atoms with Crippen molar-refractivity contribution in [2.45, 2.75) is 91.3 Å². The van der Waals surface area contributed by atoms with Gasteiger partial charge in [0.15, 0.2) is 0 Å². The van der Waals surface area contributed by atoms with Gasteiger partial charge in [0.1, 0.15) is 11.9 Å². The van der Waals surface area contributed by atoms with E-state index in [9.17, 15) is 4.79 Å².